The average Bonchev–Trinajstić information content (AvgIpc) is 2.37. The lowest BCUT2D eigenvalue weighted by molar-refractivity contribution is -0.123. The zero-order valence-electron chi connectivity index (χ0n) is 12.2. The number of hydrogen-bond acceptors (Lipinski definition) is 3. The van der Waals surface area contributed by atoms with E-state index in [1.54, 1.807) is 0 Å². The van der Waals surface area contributed by atoms with Crippen LogP contribution < -0.4 is 5.32 Å². The number of benzene rings is 1. The molecule has 0 heterocycles. The smallest absolute Gasteiger partial charge is 0.234 e. The number of nitrogens with one attached hydrogen (secondary N) is 1. The van der Waals surface area contributed by atoms with Crippen molar-refractivity contribution in [3.8, 4) is 0 Å². The molecule has 2 N–H and O–H groups in total. The summed E-state index contributed by atoms with van der Waals surface area (Å²) in [4.78, 5) is 13.7. The second kappa shape index (κ2) is 6.68. The first kappa shape index (κ1) is 15.7. The number of amides is 1. The van der Waals surface area contributed by atoms with Crippen LogP contribution in [0, 0.1) is 6.92 Å². The van der Waals surface area contributed by atoms with Gasteiger partial charge in [-0.25, -0.2) is 0 Å². The van der Waals surface area contributed by atoms with Crippen molar-refractivity contribution in [2.45, 2.75) is 32.9 Å². The van der Waals surface area contributed by atoms with E-state index in [4.69, 9.17) is 0 Å². The normalized spacial score (nSPS) is 11.7. The molecule has 0 bridgehead atoms. The number of rotatable bonds is 6. The highest BCUT2D eigenvalue weighted by molar-refractivity contribution is 5.78. The number of aliphatic hydroxyl groups is 1. The van der Waals surface area contributed by atoms with Crippen LogP contribution in [0.4, 0.5) is 0 Å². The minimum Gasteiger partial charge on any atom is -0.394 e. The number of likely N-dealkylation sites (N-methyl/N-ethyl adjacent to an activating group) is 1. The lowest BCUT2D eigenvalue weighted by Gasteiger charge is -2.33. The molecule has 0 fully saturated rings. The van der Waals surface area contributed by atoms with Gasteiger partial charge in [0, 0.05) is 12.1 Å². The number of aliphatic hydroxyl groups excluding tert-OH is 1. The Kier molecular flexibility index (Phi) is 5.51. The van der Waals surface area contributed by atoms with Crippen LogP contribution in [0.15, 0.2) is 24.3 Å². The Labute approximate surface area is 115 Å². The minimum atomic E-state index is -0.389. The molecule has 0 aromatic heterocycles. The lowest BCUT2D eigenvalue weighted by atomic mass is 10.1. The SMILES string of the molecule is Cc1ccccc1CNC(=O)CN(C)C(C)(C)CO. The topological polar surface area (TPSA) is 52.6 Å². The van der Waals surface area contributed by atoms with E-state index in [0.29, 0.717) is 6.54 Å². The van der Waals surface area contributed by atoms with Gasteiger partial charge in [0.2, 0.25) is 5.91 Å². The maximum atomic E-state index is 11.9. The van der Waals surface area contributed by atoms with Crippen LogP contribution in [0.3, 0.4) is 0 Å². The number of aryl methyl sites for hydroxylation is 1. The molecule has 4 nitrogen and oxygen atoms in total. The maximum absolute atomic E-state index is 11.9. The zero-order chi connectivity index (χ0) is 14.5. The molecule has 106 valence electrons. The Bertz CT molecular complexity index is 430. The third kappa shape index (κ3) is 4.65. The number of carbonyl (C=O) groups is 1. The van der Waals surface area contributed by atoms with Gasteiger partial charge in [-0.15, -0.1) is 0 Å². The summed E-state index contributed by atoms with van der Waals surface area (Å²) >= 11 is 0. The third-order valence-corrected chi connectivity index (χ3v) is 3.54. The van der Waals surface area contributed by atoms with Crippen LogP contribution in [-0.4, -0.2) is 41.7 Å². The van der Waals surface area contributed by atoms with Gasteiger partial charge in [0.25, 0.3) is 0 Å². The number of nitrogens with zero attached hydrogens (tertiary/aromatic N) is 1. The summed E-state index contributed by atoms with van der Waals surface area (Å²) in [6.45, 7) is 6.68. The molecule has 0 unspecified atom stereocenters. The predicted octanol–water partition coefficient (Wildman–Crippen LogP) is 1.31. The second-order valence-electron chi connectivity index (χ2n) is 5.53. The summed E-state index contributed by atoms with van der Waals surface area (Å²) in [6.07, 6.45) is 0. The fraction of sp³-hybridized carbons (Fsp3) is 0.533. The molecule has 0 spiro atoms. The molecule has 0 atom stereocenters. The molecule has 0 radical (unpaired) electrons. The summed E-state index contributed by atoms with van der Waals surface area (Å²) in [6, 6.07) is 7.99. The molecular formula is C15H24N2O2. The van der Waals surface area contributed by atoms with Crippen molar-refractivity contribution in [2.75, 3.05) is 20.2 Å². The van der Waals surface area contributed by atoms with Gasteiger partial charge in [-0.05, 0) is 38.9 Å². The standard InChI is InChI=1S/C15H24N2O2/c1-12-7-5-6-8-13(12)9-16-14(19)10-17(4)15(2,3)11-18/h5-8,18H,9-11H2,1-4H3,(H,16,19). The lowest BCUT2D eigenvalue weighted by Crippen LogP contribution is -2.48. The van der Waals surface area contributed by atoms with E-state index in [9.17, 15) is 9.90 Å². The van der Waals surface area contributed by atoms with E-state index in [1.165, 1.54) is 5.56 Å². The van der Waals surface area contributed by atoms with Crippen molar-refractivity contribution in [2.24, 2.45) is 0 Å². The average molecular weight is 264 g/mol. The van der Waals surface area contributed by atoms with Crippen LogP contribution in [0.1, 0.15) is 25.0 Å². The van der Waals surface area contributed by atoms with E-state index in [2.05, 4.69) is 5.32 Å². The quantitative estimate of drug-likeness (QED) is 0.814. The van der Waals surface area contributed by atoms with Crippen LogP contribution >= 0.6 is 0 Å². The largest absolute Gasteiger partial charge is 0.394 e. The molecule has 1 aromatic rings. The molecule has 1 rings (SSSR count). The second-order valence-corrected chi connectivity index (χ2v) is 5.53. The zero-order valence-corrected chi connectivity index (χ0v) is 12.2. The Morgan fingerprint density at radius 3 is 2.58 bits per heavy atom. The summed E-state index contributed by atoms with van der Waals surface area (Å²) in [5.41, 5.74) is 1.91. The molecule has 0 aliphatic rings. The highest BCUT2D eigenvalue weighted by atomic mass is 16.3. The van der Waals surface area contributed by atoms with Gasteiger partial charge in [0.1, 0.15) is 0 Å². The summed E-state index contributed by atoms with van der Waals surface area (Å²) < 4.78 is 0. The molecule has 0 saturated carbocycles. The fourth-order valence-corrected chi connectivity index (χ4v) is 1.61. The van der Waals surface area contributed by atoms with Gasteiger partial charge in [-0.1, -0.05) is 24.3 Å². The van der Waals surface area contributed by atoms with Gasteiger partial charge in [-0.3, -0.25) is 9.69 Å². The van der Waals surface area contributed by atoms with Crippen molar-refractivity contribution in [1.82, 2.24) is 10.2 Å². The van der Waals surface area contributed by atoms with Crippen molar-refractivity contribution in [3.05, 3.63) is 35.4 Å². The van der Waals surface area contributed by atoms with Gasteiger partial charge < -0.3 is 10.4 Å². The van der Waals surface area contributed by atoms with Gasteiger partial charge in [-0.2, -0.15) is 0 Å². The van der Waals surface area contributed by atoms with Gasteiger partial charge in [0.05, 0.1) is 13.2 Å². The first-order valence-corrected chi connectivity index (χ1v) is 6.50. The predicted molar refractivity (Wildman–Crippen MR) is 76.8 cm³/mol. The molecule has 1 aromatic carbocycles. The number of carbonyl (C=O) groups excluding carboxylic acids is 1. The number of hydrogen-bond donors (Lipinski definition) is 2. The van der Waals surface area contributed by atoms with E-state index in [1.807, 2.05) is 57.0 Å². The minimum absolute atomic E-state index is 0.0224. The molecule has 4 heteroatoms. The molecule has 0 saturated heterocycles. The van der Waals surface area contributed by atoms with E-state index in [0.717, 1.165) is 5.56 Å². The van der Waals surface area contributed by atoms with Crippen molar-refractivity contribution in [3.63, 3.8) is 0 Å². The highest BCUT2D eigenvalue weighted by Gasteiger charge is 2.23. The van der Waals surface area contributed by atoms with Crippen LogP contribution in [0.2, 0.25) is 0 Å². The van der Waals surface area contributed by atoms with Crippen molar-refractivity contribution in [1.29, 1.82) is 0 Å². The van der Waals surface area contributed by atoms with Gasteiger partial charge >= 0.3 is 0 Å². The van der Waals surface area contributed by atoms with Crippen molar-refractivity contribution < 1.29 is 9.90 Å². The maximum Gasteiger partial charge on any atom is 0.234 e. The molecule has 0 aliphatic carbocycles. The van der Waals surface area contributed by atoms with Crippen LogP contribution in [0.5, 0.6) is 0 Å². The Balaban J connectivity index is 2.47. The van der Waals surface area contributed by atoms with Crippen molar-refractivity contribution >= 4 is 5.91 Å². The monoisotopic (exact) mass is 264 g/mol. The Morgan fingerprint density at radius 2 is 2.00 bits per heavy atom. The molecule has 1 amide bonds. The first-order chi connectivity index (χ1) is 8.86. The summed E-state index contributed by atoms with van der Waals surface area (Å²) in [5, 5.41) is 12.2. The Morgan fingerprint density at radius 1 is 1.37 bits per heavy atom. The molecule has 0 aliphatic heterocycles. The fourth-order valence-electron chi connectivity index (χ4n) is 1.61. The first-order valence-electron chi connectivity index (χ1n) is 6.50. The van der Waals surface area contributed by atoms with Gasteiger partial charge in [0.15, 0.2) is 0 Å². The van der Waals surface area contributed by atoms with E-state index < -0.39 is 0 Å². The third-order valence-electron chi connectivity index (χ3n) is 3.54. The summed E-state index contributed by atoms with van der Waals surface area (Å²) in [5.74, 6) is -0.0349. The van der Waals surface area contributed by atoms with Crippen LogP contribution in [0.25, 0.3) is 0 Å². The van der Waals surface area contributed by atoms with E-state index in [-0.39, 0.29) is 24.6 Å². The molecule has 19 heavy (non-hydrogen) atoms. The summed E-state index contributed by atoms with van der Waals surface area (Å²) in [7, 11) is 1.84. The van der Waals surface area contributed by atoms with Crippen LogP contribution in [-0.2, 0) is 11.3 Å². The molecular weight excluding hydrogens is 240 g/mol. The highest BCUT2D eigenvalue weighted by Crippen LogP contribution is 2.10. The Hall–Kier alpha value is -1.39. The van der Waals surface area contributed by atoms with E-state index >= 15 is 0 Å².